The van der Waals surface area contributed by atoms with E-state index in [4.69, 9.17) is 4.74 Å². The first kappa shape index (κ1) is 16.3. The van der Waals surface area contributed by atoms with Crippen LogP contribution in [0.2, 0.25) is 0 Å². The van der Waals surface area contributed by atoms with E-state index in [1.54, 1.807) is 0 Å². The van der Waals surface area contributed by atoms with Gasteiger partial charge in [-0.05, 0) is 38.3 Å². The molecule has 2 rings (SSSR count). The number of allylic oxidation sites excluding steroid dienone is 3. The van der Waals surface area contributed by atoms with Crippen LogP contribution in [0.15, 0.2) is 52.9 Å². The number of esters is 1. The summed E-state index contributed by atoms with van der Waals surface area (Å²) in [6.07, 6.45) is 0.909. The highest BCUT2D eigenvalue weighted by Gasteiger charge is 2.34. The summed E-state index contributed by atoms with van der Waals surface area (Å²) in [7, 11) is 2.01. The van der Waals surface area contributed by atoms with Crippen molar-refractivity contribution in [3.8, 4) is 0 Å². The Hall–Kier alpha value is -2.03. The minimum atomic E-state index is -0.209. The van der Waals surface area contributed by atoms with Crippen LogP contribution < -0.4 is 0 Å². The van der Waals surface area contributed by atoms with Gasteiger partial charge in [0.1, 0.15) is 0 Å². The molecule has 1 aliphatic rings. The molecule has 0 fully saturated rings. The molecule has 0 saturated heterocycles. The van der Waals surface area contributed by atoms with E-state index in [9.17, 15) is 4.79 Å². The van der Waals surface area contributed by atoms with Crippen LogP contribution in [0, 0.1) is 0 Å². The van der Waals surface area contributed by atoms with Gasteiger partial charge in [-0.2, -0.15) is 0 Å². The molecular weight excluding hydrogens is 274 g/mol. The second kappa shape index (κ2) is 6.82. The van der Waals surface area contributed by atoms with Gasteiger partial charge in [0.2, 0.25) is 0 Å². The number of carbonyl (C=O) groups is 1. The SMILES string of the molecule is CCOC(=O)C1=C(C)N(C)C(C)=C(CC)C1c1ccccc1. The van der Waals surface area contributed by atoms with Gasteiger partial charge < -0.3 is 9.64 Å². The van der Waals surface area contributed by atoms with E-state index >= 15 is 0 Å². The van der Waals surface area contributed by atoms with E-state index in [1.165, 1.54) is 11.3 Å². The topological polar surface area (TPSA) is 29.5 Å². The lowest BCUT2D eigenvalue weighted by atomic mass is 9.79. The van der Waals surface area contributed by atoms with Crippen molar-refractivity contribution < 1.29 is 9.53 Å². The molecule has 1 unspecified atom stereocenters. The average molecular weight is 299 g/mol. The second-order valence-corrected chi connectivity index (χ2v) is 5.59. The molecule has 1 aliphatic heterocycles. The maximum atomic E-state index is 12.6. The summed E-state index contributed by atoms with van der Waals surface area (Å²) in [5.41, 5.74) is 5.39. The molecule has 1 aromatic rings. The molecule has 0 spiro atoms. The molecular formula is C19H25NO2. The highest BCUT2D eigenvalue weighted by molar-refractivity contribution is 5.92. The molecule has 0 saturated carbocycles. The van der Waals surface area contributed by atoms with Gasteiger partial charge in [-0.25, -0.2) is 4.79 Å². The number of ether oxygens (including phenoxy) is 1. The zero-order chi connectivity index (χ0) is 16.3. The van der Waals surface area contributed by atoms with Crippen LogP contribution in [0.25, 0.3) is 0 Å². The molecule has 1 aromatic carbocycles. The van der Waals surface area contributed by atoms with Crippen LogP contribution in [0.3, 0.4) is 0 Å². The van der Waals surface area contributed by atoms with E-state index in [1.807, 2.05) is 39.1 Å². The van der Waals surface area contributed by atoms with Gasteiger partial charge in [0, 0.05) is 24.4 Å². The van der Waals surface area contributed by atoms with Gasteiger partial charge in [0.25, 0.3) is 0 Å². The van der Waals surface area contributed by atoms with Crippen LogP contribution in [0.4, 0.5) is 0 Å². The predicted molar refractivity (Wildman–Crippen MR) is 89.3 cm³/mol. The third-order valence-electron chi connectivity index (χ3n) is 4.51. The third kappa shape index (κ3) is 2.80. The summed E-state index contributed by atoms with van der Waals surface area (Å²) in [5, 5.41) is 0. The lowest BCUT2D eigenvalue weighted by Crippen LogP contribution is -2.30. The summed E-state index contributed by atoms with van der Waals surface area (Å²) in [5.74, 6) is -0.222. The molecule has 0 aliphatic carbocycles. The van der Waals surface area contributed by atoms with E-state index in [0.717, 1.165) is 23.3 Å². The highest BCUT2D eigenvalue weighted by Crippen LogP contribution is 2.42. The lowest BCUT2D eigenvalue weighted by Gasteiger charge is -2.36. The molecule has 3 nitrogen and oxygen atoms in total. The van der Waals surface area contributed by atoms with Gasteiger partial charge in [-0.1, -0.05) is 37.3 Å². The molecule has 22 heavy (non-hydrogen) atoms. The molecule has 0 amide bonds. The van der Waals surface area contributed by atoms with Crippen molar-refractivity contribution in [2.45, 2.75) is 40.0 Å². The molecule has 118 valence electrons. The van der Waals surface area contributed by atoms with Crippen molar-refractivity contribution in [3.63, 3.8) is 0 Å². The third-order valence-corrected chi connectivity index (χ3v) is 4.51. The van der Waals surface area contributed by atoms with Crippen molar-refractivity contribution in [1.29, 1.82) is 0 Å². The standard InChI is InChI=1S/C19H25NO2/c1-6-16-13(3)20(5)14(4)17(19(21)22-7-2)18(16)15-11-9-8-10-12-15/h8-12,18H,6-7H2,1-5H3. The molecule has 1 atom stereocenters. The smallest absolute Gasteiger partial charge is 0.336 e. The van der Waals surface area contributed by atoms with E-state index in [2.05, 4.69) is 30.9 Å². The molecule has 0 N–H and O–H groups in total. The fourth-order valence-electron chi connectivity index (χ4n) is 3.19. The van der Waals surface area contributed by atoms with Gasteiger partial charge >= 0.3 is 5.97 Å². The summed E-state index contributed by atoms with van der Waals surface area (Å²) < 4.78 is 5.33. The van der Waals surface area contributed by atoms with Crippen LogP contribution in [0.1, 0.15) is 45.6 Å². The molecule has 3 heteroatoms. The predicted octanol–water partition coefficient (Wildman–Crippen LogP) is 4.24. The Morgan fingerprint density at radius 1 is 1.14 bits per heavy atom. The van der Waals surface area contributed by atoms with Crippen LogP contribution in [0.5, 0.6) is 0 Å². The van der Waals surface area contributed by atoms with Crippen molar-refractivity contribution in [2.24, 2.45) is 0 Å². The Bertz CT molecular complexity index is 614. The zero-order valence-corrected chi connectivity index (χ0v) is 14.1. The molecule has 0 bridgehead atoms. The van der Waals surface area contributed by atoms with E-state index in [0.29, 0.717) is 6.61 Å². The maximum absolute atomic E-state index is 12.6. The summed E-state index contributed by atoms with van der Waals surface area (Å²) in [6, 6.07) is 10.2. The summed E-state index contributed by atoms with van der Waals surface area (Å²) >= 11 is 0. The van der Waals surface area contributed by atoms with Crippen molar-refractivity contribution in [3.05, 3.63) is 58.4 Å². The largest absolute Gasteiger partial charge is 0.463 e. The Balaban J connectivity index is 2.62. The first-order valence-corrected chi connectivity index (χ1v) is 7.89. The Labute approximate surface area is 133 Å². The lowest BCUT2D eigenvalue weighted by molar-refractivity contribution is -0.139. The van der Waals surface area contributed by atoms with Gasteiger partial charge in [-0.15, -0.1) is 0 Å². The van der Waals surface area contributed by atoms with E-state index < -0.39 is 0 Å². The number of benzene rings is 1. The van der Waals surface area contributed by atoms with Gasteiger partial charge in [0.15, 0.2) is 0 Å². The van der Waals surface area contributed by atoms with Crippen LogP contribution in [-0.2, 0) is 9.53 Å². The molecule has 1 heterocycles. The fraction of sp³-hybridized carbons (Fsp3) is 0.421. The first-order valence-electron chi connectivity index (χ1n) is 7.89. The van der Waals surface area contributed by atoms with E-state index in [-0.39, 0.29) is 11.9 Å². The van der Waals surface area contributed by atoms with Crippen molar-refractivity contribution in [1.82, 2.24) is 4.90 Å². The highest BCUT2D eigenvalue weighted by atomic mass is 16.5. The van der Waals surface area contributed by atoms with Gasteiger partial charge in [0.05, 0.1) is 12.2 Å². The second-order valence-electron chi connectivity index (χ2n) is 5.59. The number of carbonyl (C=O) groups excluding carboxylic acids is 1. The molecule has 0 aromatic heterocycles. The normalized spacial score (nSPS) is 18.8. The Morgan fingerprint density at radius 2 is 1.77 bits per heavy atom. The quantitative estimate of drug-likeness (QED) is 0.779. The minimum Gasteiger partial charge on any atom is -0.463 e. The zero-order valence-electron chi connectivity index (χ0n) is 14.1. The van der Waals surface area contributed by atoms with Crippen molar-refractivity contribution >= 4 is 5.97 Å². The molecule has 0 radical (unpaired) electrons. The Morgan fingerprint density at radius 3 is 2.32 bits per heavy atom. The van der Waals surface area contributed by atoms with Gasteiger partial charge in [-0.3, -0.25) is 0 Å². The number of nitrogens with zero attached hydrogens (tertiary/aromatic N) is 1. The van der Waals surface area contributed by atoms with Crippen LogP contribution in [-0.4, -0.2) is 24.5 Å². The monoisotopic (exact) mass is 299 g/mol. The summed E-state index contributed by atoms with van der Waals surface area (Å²) in [4.78, 5) is 14.7. The average Bonchev–Trinajstić information content (AvgIpc) is 2.53. The number of hydrogen-bond acceptors (Lipinski definition) is 3. The summed E-state index contributed by atoms with van der Waals surface area (Å²) in [6.45, 7) is 8.51. The van der Waals surface area contributed by atoms with Crippen LogP contribution >= 0.6 is 0 Å². The van der Waals surface area contributed by atoms with Crippen molar-refractivity contribution in [2.75, 3.05) is 13.7 Å². The Kier molecular flexibility index (Phi) is 5.07. The number of hydrogen-bond donors (Lipinski definition) is 0. The first-order chi connectivity index (χ1) is 10.5. The number of rotatable bonds is 4. The minimum absolute atomic E-state index is 0.0125. The maximum Gasteiger partial charge on any atom is 0.336 e. The fourth-order valence-corrected chi connectivity index (χ4v) is 3.19.